The molecule has 0 atom stereocenters. The van der Waals surface area contributed by atoms with Crippen LogP contribution in [0.25, 0.3) is 0 Å². The van der Waals surface area contributed by atoms with E-state index in [1.165, 1.54) is 0 Å². The first-order valence-electron chi connectivity index (χ1n) is 4.72. The number of carboxylic acids is 1. The molecule has 1 aromatic rings. The summed E-state index contributed by atoms with van der Waals surface area (Å²) in [6.45, 7) is 0. The van der Waals surface area contributed by atoms with E-state index in [-0.39, 0.29) is 12.0 Å². The van der Waals surface area contributed by atoms with E-state index in [0.717, 1.165) is 25.7 Å². The molecule has 0 spiro atoms. The molecule has 6 heteroatoms. The number of tetrazole rings is 1. The molecule has 0 amide bonds. The summed E-state index contributed by atoms with van der Waals surface area (Å²) in [5.74, 6) is -0.858. The Morgan fingerprint density at radius 3 is 2.57 bits per heavy atom. The molecule has 0 saturated heterocycles. The van der Waals surface area contributed by atoms with Crippen molar-refractivity contribution < 1.29 is 9.90 Å². The number of carbonyl (C=O) groups is 1. The predicted molar refractivity (Wildman–Crippen MR) is 46.4 cm³/mol. The molecule has 2 rings (SSSR count). The molecule has 0 aliphatic heterocycles. The van der Waals surface area contributed by atoms with Gasteiger partial charge in [-0.05, 0) is 36.1 Å². The van der Waals surface area contributed by atoms with Crippen LogP contribution in [0.5, 0.6) is 0 Å². The maximum absolute atomic E-state index is 10.7. The van der Waals surface area contributed by atoms with Gasteiger partial charge in [0.15, 0.2) is 0 Å². The fraction of sp³-hybridized carbons (Fsp3) is 0.750. The van der Waals surface area contributed by atoms with E-state index in [1.807, 2.05) is 0 Å². The molecule has 14 heavy (non-hydrogen) atoms. The van der Waals surface area contributed by atoms with Crippen molar-refractivity contribution in [2.75, 3.05) is 0 Å². The zero-order valence-corrected chi connectivity index (χ0v) is 7.70. The fourth-order valence-corrected chi connectivity index (χ4v) is 1.92. The Balaban J connectivity index is 1.93. The van der Waals surface area contributed by atoms with Gasteiger partial charge < -0.3 is 5.11 Å². The number of rotatable bonds is 2. The molecule has 1 aromatic heterocycles. The minimum atomic E-state index is -0.680. The molecule has 0 aromatic carbocycles. The molecule has 1 N–H and O–H groups in total. The van der Waals surface area contributed by atoms with Crippen LogP contribution in [0, 0.1) is 5.92 Å². The average Bonchev–Trinajstić information content (AvgIpc) is 2.71. The van der Waals surface area contributed by atoms with Crippen molar-refractivity contribution >= 4 is 5.97 Å². The van der Waals surface area contributed by atoms with Crippen LogP contribution in [0.1, 0.15) is 31.7 Å². The van der Waals surface area contributed by atoms with Gasteiger partial charge in [0.05, 0.1) is 12.0 Å². The summed E-state index contributed by atoms with van der Waals surface area (Å²) in [4.78, 5) is 10.7. The van der Waals surface area contributed by atoms with Gasteiger partial charge in [0.2, 0.25) is 0 Å². The van der Waals surface area contributed by atoms with Gasteiger partial charge in [0.1, 0.15) is 6.33 Å². The van der Waals surface area contributed by atoms with Crippen LogP contribution in [-0.4, -0.2) is 31.3 Å². The smallest absolute Gasteiger partial charge is 0.306 e. The van der Waals surface area contributed by atoms with E-state index in [2.05, 4.69) is 15.5 Å². The Bertz CT molecular complexity index is 303. The van der Waals surface area contributed by atoms with Crippen molar-refractivity contribution in [1.82, 2.24) is 20.2 Å². The van der Waals surface area contributed by atoms with Gasteiger partial charge in [0.25, 0.3) is 0 Å². The van der Waals surface area contributed by atoms with Crippen LogP contribution in [0.3, 0.4) is 0 Å². The maximum atomic E-state index is 10.7. The third-order valence-electron chi connectivity index (χ3n) is 2.78. The molecule has 76 valence electrons. The van der Waals surface area contributed by atoms with Gasteiger partial charge in [0, 0.05) is 0 Å². The molecule has 1 heterocycles. The van der Waals surface area contributed by atoms with Crippen LogP contribution in [-0.2, 0) is 4.79 Å². The number of hydrogen-bond acceptors (Lipinski definition) is 4. The predicted octanol–water partition coefficient (Wildman–Crippen LogP) is 0.489. The Kier molecular flexibility index (Phi) is 2.43. The fourth-order valence-electron chi connectivity index (χ4n) is 1.92. The quantitative estimate of drug-likeness (QED) is 0.744. The van der Waals surface area contributed by atoms with Crippen LogP contribution in [0.2, 0.25) is 0 Å². The summed E-state index contributed by atoms with van der Waals surface area (Å²) in [5.41, 5.74) is 0. The van der Waals surface area contributed by atoms with E-state index in [4.69, 9.17) is 5.11 Å². The summed E-state index contributed by atoms with van der Waals surface area (Å²) in [5, 5.41) is 19.8. The molecule has 1 fully saturated rings. The number of hydrogen-bond donors (Lipinski definition) is 1. The van der Waals surface area contributed by atoms with Gasteiger partial charge in [-0.15, -0.1) is 5.10 Å². The minimum absolute atomic E-state index is 0.178. The molecule has 1 saturated carbocycles. The molecule has 1 aliphatic carbocycles. The first-order chi connectivity index (χ1) is 6.77. The number of aliphatic carboxylic acids is 1. The van der Waals surface area contributed by atoms with Gasteiger partial charge in [-0.3, -0.25) is 4.79 Å². The molecule has 1 aliphatic rings. The summed E-state index contributed by atoms with van der Waals surface area (Å²) in [7, 11) is 0. The van der Waals surface area contributed by atoms with Crippen LogP contribution in [0.15, 0.2) is 6.33 Å². The highest BCUT2D eigenvalue weighted by molar-refractivity contribution is 5.69. The second kappa shape index (κ2) is 3.73. The molecule has 0 unspecified atom stereocenters. The SMILES string of the molecule is O=C(O)C1CCC(n2cnnn2)CC1. The van der Waals surface area contributed by atoms with Crippen LogP contribution < -0.4 is 0 Å². The van der Waals surface area contributed by atoms with Gasteiger partial charge in [-0.2, -0.15) is 0 Å². The maximum Gasteiger partial charge on any atom is 0.306 e. The van der Waals surface area contributed by atoms with Gasteiger partial charge in [-0.25, -0.2) is 4.68 Å². The van der Waals surface area contributed by atoms with E-state index in [0.29, 0.717) is 0 Å². The Morgan fingerprint density at radius 1 is 1.36 bits per heavy atom. The molecule has 0 radical (unpaired) electrons. The molecule has 0 bridgehead atoms. The minimum Gasteiger partial charge on any atom is -0.481 e. The van der Waals surface area contributed by atoms with Crippen LogP contribution >= 0.6 is 0 Å². The largest absolute Gasteiger partial charge is 0.481 e. The normalized spacial score (nSPS) is 27.4. The summed E-state index contributed by atoms with van der Waals surface area (Å²) in [6, 6.07) is 0.278. The van der Waals surface area contributed by atoms with Gasteiger partial charge >= 0.3 is 5.97 Å². The van der Waals surface area contributed by atoms with E-state index in [1.54, 1.807) is 11.0 Å². The number of aromatic nitrogens is 4. The molecular weight excluding hydrogens is 184 g/mol. The highest BCUT2D eigenvalue weighted by atomic mass is 16.4. The molecule has 6 nitrogen and oxygen atoms in total. The average molecular weight is 196 g/mol. The van der Waals surface area contributed by atoms with E-state index < -0.39 is 5.97 Å². The summed E-state index contributed by atoms with van der Waals surface area (Å²) >= 11 is 0. The highest BCUT2D eigenvalue weighted by Gasteiger charge is 2.27. The first kappa shape index (κ1) is 9.11. The second-order valence-corrected chi connectivity index (χ2v) is 3.63. The standard InChI is InChI=1S/C8H12N4O2/c13-8(14)6-1-3-7(4-2-6)12-5-9-10-11-12/h5-7H,1-4H2,(H,13,14). The van der Waals surface area contributed by atoms with Crippen molar-refractivity contribution in [2.45, 2.75) is 31.7 Å². The second-order valence-electron chi connectivity index (χ2n) is 3.63. The lowest BCUT2D eigenvalue weighted by molar-refractivity contribution is -0.143. The Hall–Kier alpha value is -1.46. The summed E-state index contributed by atoms with van der Waals surface area (Å²) < 4.78 is 1.72. The first-order valence-corrected chi connectivity index (χ1v) is 4.72. The third kappa shape index (κ3) is 1.73. The van der Waals surface area contributed by atoms with Crippen molar-refractivity contribution in [3.8, 4) is 0 Å². The zero-order valence-electron chi connectivity index (χ0n) is 7.70. The van der Waals surface area contributed by atoms with E-state index in [9.17, 15) is 4.79 Å². The lowest BCUT2D eigenvalue weighted by atomic mass is 9.86. The zero-order chi connectivity index (χ0) is 9.97. The number of nitrogens with zero attached hydrogens (tertiary/aromatic N) is 4. The lowest BCUT2D eigenvalue weighted by Gasteiger charge is -2.25. The number of carboxylic acid groups (broad SMARTS) is 1. The van der Waals surface area contributed by atoms with Crippen LogP contribution in [0.4, 0.5) is 0 Å². The monoisotopic (exact) mass is 196 g/mol. The molecular formula is C8H12N4O2. The van der Waals surface area contributed by atoms with Gasteiger partial charge in [-0.1, -0.05) is 0 Å². The Morgan fingerprint density at radius 2 is 2.07 bits per heavy atom. The highest BCUT2D eigenvalue weighted by Crippen LogP contribution is 2.31. The lowest BCUT2D eigenvalue weighted by Crippen LogP contribution is -2.23. The van der Waals surface area contributed by atoms with E-state index >= 15 is 0 Å². The summed E-state index contributed by atoms with van der Waals surface area (Å²) in [6.07, 6.45) is 4.73. The third-order valence-corrected chi connectivity index (χ3v) is 2.78. The van der Waals surface area contributed by atoms with Crippen molar-refractivity contribution in [3.05, 3.63) is 6.33 Å². The van der Waals surface area contributed by atoms with Crippen molar-refractivity contribution in [3.63, 3.8) is 0 Å². The topological polar surface area (TPSA) is 80.9 Å². The van der Waals surface area contributed by atoms with Crippen molar-refractivity contribution in [2.24, 2.45) is 5.92 Å². The van der Waals surface area contributed by atoms with Crippen molar-refractivity contribution in [1.29, 1.82) is 0 Å². The Labute approximate surface area is 80.9 Å².